The number of carbonyl (C=O) groups excluding carboxylic acids is 1. The number of rotatable bonds is 5. The van der Waals surface area contributed by atoms with Gasteiger partial charge < -0.3 is 9.53 Å². The lowest BCUT2D eigenvalue weighted by atomic mass is 9.95. The van der Waals surface area contributed by atoms with Gasteiger partial charge in [-0.2, -0.15) is 0 Å². The fourth-order valence-electron chi connectivity index (χ4n) is 1.65. The van der Waals surface area contributed by atoms with Crippen molar-refractivity contribution in [1.29, 1.82) is 0 Å². The highest BCUT2D eigenvalue weighted by atomic mass is 35.5. The molecule has 0 heterocycles. The first kappa shape index (κ1) is 14.3. The topological polar surface area (TPSA) is 26.3 Å². The monoisotopic (exact) mass is 274 g/mol. The number of benzene rings is 1. The fraction of sp³-hybridized carbons (Fsp3) is 0.462. The number of carbonyl (C=O) groups is 1. The van der Waals surface area contributed by atoms with Crippen LogP contribution in [0.1, 0.15) is 38.2 Å². The Morgan fingerprint density at radius 1 is 1.35 bits per heavy atom. The molecule has 0 aliphatic heterocycles. The molecule has 0 N–H and O–H groups in total. The number of ether oxygens (including phenoxy) is 1. The lowest BCUT2D eigenvalue weighted by molar-refractivity contribution is -0.117. The second-order valence-corrected chi connectivity index (χ2v) is 4.97. The third-order valence-corrected chi connectivity index (χ3v) is 3.28. The molecule has 0 bridgehead atoms. The van der Waals surface area contributed by atoms with Crippen molar-refractivity contribution in [2.45, 2.75) is 32.6 Å². The van der Waals surface area contributed by atoms with E-state index >= 15 is 0 Å². The fourth-order valence-corrected chi connectivity index (χ4v) is 2.30. The smallest absolute Gasteiger partial charge is 0.156 e. The van der Waals surface area contributed by atoms with Gasteiger partial charge in [0.1, 0.15) is 5.78 Å². The Kier molecular flexibility index (Phi) is 5.29. The summed E-state index contributed by atoms with van der Waals surface area (Å²) < 4.78 is 5.09. The first-order valence-corrected chi connectivity index (χ1v) is 6.23. The number of methoxy groups -OCH3 is 1. The highest BCUT2D eigenvalue weighted by Gasteiger charge is 2.13. The van der Waals surface area contributed by atoms with Gasteiger partial charge in [0.05, 0.1) is 17.2 Å². The standard InChI is InChI=1S/C13H16Cl2O2/c1-8(4-5-9(2)16)10-6-11(14)13(17-3)12(15)7-10/h6-8H,4-5H2,1-3H3. The van der Waals surface area contributed by atoms with Crippen LogP contribution >= 0.6 is 23.2 Å². The normalized spacial score (nSPS) is 12.3. The van der Waals surface area contributed by atoms with Crippen LogP contribution in [0.3, 0.4) is 0 Å². The van der Waals surface area contributed by atoms with Crippen molar-refractivity contribution in [1.82, 2.24) is 0 Å². The molecule has 0 saturated carbocycles. The van der Waals surface area contributed by atoms with Crippen LogP contribution in [0.2, 0.25) is 10.0 Å². The van der Waals surface area contributed by atoms with Gasteiger partial charge in [-0.3, -0.25) is 0 Å². The van der Waals surface area contributed by atoms with Crippen molar-refractivity contribution in [2.75, 3.05) is 7.11 Å². The van der Waals surface area contributed by atoms with Crippen molar-refractivity contribution < 1.29 is 9.53 Å². The van der Waals surface area contributed by atoms with Gasteiger partial charge in [0.25, 0.3) is 0 Å². The molecule has 94 valence electrons. The molecule has 0 aliphatic rings. The van der Waals surface area contributed by atoms with Crippen molar-refractivity contribution in [3.63, 3.8) is 0 Å². The van der Waals surface area contributed by atoms with Crippen LogP contribution in [0.4, 0.5) is 0 Å². The molecule has 1 unspecified atom stereocenters. The van der Waals surface area contributed by atoms with Crippen LogP contribution in [0, 0.1) is 0 Å². The molecule has 1 aromatic carbocycles. The highest BCUT2D eigenvalue weighted by Crippen LogP contribution is 2.36. The summed E-state index contributed by atoms with van der Waals surface area (Å²) in [5.41, 5.74) is 1.03. The van der Waals surface area contributed by atoms with E-state index in [1.807, 2.05) is 12.1 Å². The third-order valence-electron chi connectivity index (χ3n) is 2.72. The van der Waals surface area contributed by atoms with Crippen LogP contribution in [0.15, 0.2) is 12.1 Å². The van der Waals surface area contributed by atoms with Crippen LogP contribution in [-0.4, -0.2) is 12.9 Å². The van der Waals surface area contributed by atoms with Gasteiger partial charge in [-0.15, -0.1) is 0 Å². The molecule has 0 aliphatic carbocycles. The van der Waals surface area contributed by atoms with E-state index in [0.717, 1.165) is 12.0 Å². The summed E-state index contributed by atoms with van der Waals surface area (Å²) in [6.07, 6.45) is 1.37. The predicted octanol–water partition coefficient (Wildman–Crippen LogP) is 4.47. The molecule has 0 aromatic heterocycles. The van der Waals surface area contributed by atoms with Gasteiger partial charge >= 0.3 is 0 Å². The summed E-state index contributed by atoms with van der Waals surface area (Å²) in [5, 5.41) is 1.01. The Morgan fingerprint density at radius 3 is 2.29 bits per heavy atom. The summed E-state index contributed by atoms with van der Waals surface area (Å²) in [4.78, 5) is 10.9. The van der Waals surface area contributed by atoms with Gasteiger partial charge in [0.2, 0.25) is 0 Å². The van der Waals surface area contributed by atoms with E-state index in [2.05, 4.69) is 6.92 Å². The van der Waals surface area contributed by atoms with Gasteiger partial charge in [0, 0.05) is 6.42 Å². The molecule has 0 saturated heterocycles. The molecule has 0 fully saturated rings. The lowest BCUT2D eigenvalue weighted by Gasteiger charge is -2.14. The number of hydrogen-bond acceptors (Lipinski definition) is 2. The molecule has 1 aromatic rings. The summed E-state index contributed by atoms with van der Waals surface area (Å²) >= 11 is 12.1. The quantitative estimate of drug-likeness (QED) is 0.792. The van der Waals surface area contributed by atoms with E-state index in [-0.39, 0.29) is 11.7 Å². The zero-order valence-electron chi connectivity index (χ0n) is 10.2. The number of halogens is 2. The average Bonchev–Trinajstić information content (AvgIpc) is 2.25. The van der Waals surface area contributed by atoms with Gasteiger partial charge in [0.15, 0.2) is 5.75 Å². The maximum Gasteiger partial charge on any atom is 0.156 e. The molecule has 1 rings (SSSR count). The van der Waals surface area contributed by atoms with E-state index in [4.69, 9.17) is 27.9 Å². The second kappa shape index (κ2) is 6.27. The Labute approximate surface area is 112 Å². The summed E-state index contributed by atoms with van der Waals surface area (Å²) in [6, 6.07) is 3.69. The van der Waals surface area contributed by atoms with Crippen molar-refractivity contribution in [2.24, 2.45) is 0 Å². The average molecular weight is 275 g/mol. The van der Waals surface area contributed by atoms with E-state index in [9.17, 15) is 4.79 Å². The minimum atomic E-state index is 0.197. The first-order valence-electron chi connectivity index (χ1n) is 5.48. The van der Waals surface area contributed by atoms with Gasteiger partial charge in [-0.1, -0.05) is 30.1 Å². The molecule has 17 heavy (non-hydrogen) atoms. The van der Waals surface area contributed by atoms with Crippen LogP contribution in [0.5, 0.6) is 5.75 Å². The molecule has 1 atom stereocenters. The molecule has 0 amide bonds. The Bertz CT molecular complexity index is 393. The summed E-state index contributed by atoms with van der Waals surface area (Å²) in [5.74, 6) is 0.943. The molecular formula is C13H16Cl2O2. The van der Waals surface area contributed by atoms with Crippen molar-refractivity contribution >= 4 is 29.0 Å². The third kappa shape index (κ3) is 3.90. The van der Waals surface area contributed by atoms with Crippen LogP contribution in [0.25, 0.3) is 0 Å². The van der Waals surface area contributed by atoms with Gasteiger partial charge in [-0.25, -0.2) is 0 Å². The predicted molar refractivity (Wildman–Crippen MR) is 71.3 cm³/mol. The van der Waals surface area contributed by atoms with Gasteiger partial charge in [-0.05, 0) is 37.0 Å². The number of Topliss-reactive ketones (excluding diaryl/α,β-unsaturated/α-hetero) is 1. The molecule has 0 spiro atoms. The van der Waals surface area contributed by atoms with E-state index in [1.165, 1.54) is 7.11 Å². The molecule has 4 heteroatoms. The Hall–Kier alpha value is -0.730. The SMILES string of the molecule is COc1c(Cl)cc(C(C)CCC(C)=O)cc1Cl. The maximum atomic E-state index is 10.9. The van der Waals surface area contributed by atoms with Crippen LogP contribution in [-0.2, 0) is 4.79 Å². The van der Waals surface area contributed by atoms with Crippen LogP contribution < -0.4 is 4.74 Å². The minimum Gasteiger partial charge on any atom is -0.494 e. The molecule has 2 nitrogen and oxygen atoms in total. The number of ketones is 1. The molecular weight excluding hydrogens is 259 g/mol. The van der Waals surface area contributed by atoms with E-state index in [1.54, 1.807) is 6.92 Å². The summed E-state index contributed by atoms with van der Waals surface area (Å²) in [7, 11) is 1.53. The highest BCUT2D eigenvalue weighted by molar-refractivity contribution is 6.37. The zero-order chi connectivity index (χ0) is 13.0. The van der Waals surface area contributed by atoms with E-state index in [0.29, 0.717) is 22.2 Å². The Balaban J connectivity index is 2.88. The zero-order valence-corrected chi connectivity index (χ0v) is 11.7. The van der Waals surface area contributed by atoms with Crippen molar-refractivity contribution in [3.8, 4) is 5.75 Å². The largest absolute Gasteiger partial charge is 0.494 e. The molecule has 0 radical (unpaired) electrons. The first-order chi connectivity index (χ1) is 7.95. The minimum absolute atomic E-state index is 0.197. The second-order valence-electron chi connectivity index (χ2n) is 4.16. The lowest BCUT2D eigenvalue weighted by Crippen LogP contribution is -1.99. The number of hydrogen-bond donors (Lipinski definition) is 0. The Morgan fingerprint density at radius 2 is 1.88 bits per heavy atom. The summed E-state index contributed by atoms with van der Waals surface area (Å²) in [6.45, 7) is 3.65. The maximum absolute atomic E-state index is 10.9. The van der Waals surface area contributed by atoms with Crippen molar-refractivity contribution in [3.05, 3.63) is 27.7 Å². The van der Waals surface area contributed by atoms with E-state index < -0.39 is 0 Å².